The van der Waals surface area contributed by atoms with Crippen molar-refractivity contribution in [2.45, 2.75) is 32.7 Å². The van der Waals surface area contributed by atoms with Crippen molar-refractivity contribution in [2.75, 3.05) is 59.5 Å². The molecule has 0 radical (unpaired) electrons. The number of ether oxygens (including phenoxy) is 1. The molecule has 3 rings (SSSR count). The standard InChI is InChI=1S/C25H35N5O6/c1-4-28-14-15-36-21-9-6-5-8-19(21)24(34)26-20(16-22(32)27(3)17-23(28)33)25(35)30-11-7-10-29(12-13-30)18(2)31/h5-6,8-9,20H,4,7,10-17H2,1-3H3,(H,26,34)/t20-/m0/s1. The second kappa shape index (κ2) is 12.4. The predicted molar refractivity (Wildman–Crippen MR) is 131 cm³/mol. The van der Waals surface area contributed by atoms with Crippen LogP contribution in [0.1, 0.15) is 37.0 Å². The van der Waals surface area contributed by atoms with Gasteiger partial charge in [0.15, 0.2) is 0 Å². The van der Waals surface area contributed by atoms with Crippen LogP contribution in [0, 0.1) is 0 Å². The molecule has 1 saturated heterocycles. The van der Waals surface area contributed by atoms with Gasteiger partial charge in [-0.3, -0.25) is 24.0 Å². The van der Waals surface area contributed by atoms with Crippen LogP contribution in [0.15, 0.2) is 24.3 Å². The Labute approximate surface area is 211 Å². The molecule has 11 nitrogen and oxygen atoms in total. The summed E-state index contributed by atoms with van der Waals surface area (Å²) in [5.41, 5.74) is 0.237. The summed E-state index contributed by atoms with van der Waals surface area (Å²) in [6, 6.07) is 5.53. The van der Waals surface area contributed by atoms with Gasteiger partial charge in [-0.2, -0.15) is 0 Å². The van der Waals surface area contributed by atoms with Gasteiger partial charge in [0.25, 0.3) is 5.91 Å². The minimum absolute atomic E-state index is 0.0604. The van der Waals surface area contributed by atoms with Crippen LogP contribution in [0.3, 0.4) is 0 Å². The zero-order chi connectivity index (χ0) is 26.2. The van der Waals surface area contributed by atoms with E-state index in [1.807, 2.05) is 6.92 Å². The summed E-state index contributed by atoms with van der Waals surface area (Å²) < 4.78 is 5.83. The summed E-state index contributed by atoms with van der Waals surface area (Å²) >= 11 is 0. The van der Waals surface area contributed by atoms with Crippen LogP contribution in [-0.2, 0) is 19.2 Å². The first-order chi connectivity index (χ1) is 17.2. The molecule has 2 heterocycles. The summed E-state index contributed by atoms with van der Waals surface area (Å²) in [5, 5.41) is 2.73. The Morgan fingerprint density at radius 3 is 2.42 bits per heavy atom. The Hall–Kier alpha value is -3.63. The summed E-state index contributed by atoms with van der Waals surface area (Å²) in [6.45, 7) is 5.74. The lowest BCUT2D eigenvalue weighted by Gasteiger charge is -2.29. The third-order valence-electron chi connectivity index (χ3n) is 6.52. The minimum atomic E-state index is -1.13. The highest BCUT2D eigenvalue weighted by molar-refractivity contribution is 6.01. The fraction of sp³-hybridized carbons (Fsp3) is 0.560. The van der Waals surface area contributed by atoms with Crippen molar-refractivity contribution < 1.29 is 28.7 Å². The number of likely N-dealkylation sites (N-methyl/N-ethyl adjacent to an activating group) is 2. The topological polar surface area (TPSA) is 120 Å². The summed E-state index contributed by atoms with van der Waals surface area (Å²) in [7, 11) is 1.51. The number of nitrogens with zero attached hydrogens (tertiary/aromatic N) is 4. The number of rotatable bonds is 2. The van der Waals surface area contributed by atoms with Gasteiger partial charge in [-0.25, -0.2) is 0 Å². The average Bonchev–Trinajstić information content (AvgIpc) is 3.12. The molecule has 0 aromatic heterocycles. The first-order valence-electron chi connectivity index (χ1n) is 12.3. The quantitative estimate of drug-likeness (QED) is 0.607. The van der Waals surface area contributed by atoms with Crippen molar-refractivity contribution in [3.63, 3.8) is 0 Å². The molecule has 0 aliphatic carbocycles. The molecule has 2 aliphatic rings. The van der Waals surface area contributed by atoms with Crippen LogP contribution in [-0.4, -0.2) is 115 Å². The Kier molecular flexibility index (Phi) is 9.26. The summed E-state index contributed by atoms with van der Waals surface area (Å²) in [5.74, 6) is -1.32. The second-order valence-electron chi connectivity index (χ2n) is 8.98. The van der Waals surface area contributed by atoms with Gasteiger partial charge >= 0.3 is 0 Å². The third kappa shape index (κ3) is 6.73. The van der Waals surface area contributed by atoms with Crippen molar-refractivity contribution in [3.8, 4) is 5.75 Å². The van der Waals surface area contributed by atoms with Gasteiger partial charge in [0.1, 0.15) is 18.4 Å². The minimum Gasteiger partial charge on any atom is -0.491 e. The molecule has 2 aliphatic heterocycles. The van der Waals surface area contributed by atoms with Crippen molar-refractivity contribution in [1.82, 2.24) is 24.9 Å². The molecule has 1 fully saturated rings. The zero-order valence-electron chi connectivity index (χ0n) is 21.2. The Morgan fingerprint density at radius 1 is 1.00 bits per heavy atom. The normalized spacial score (nSPS) is 20.6. The number of para-hydroxylation sites is 1. The average molecular weight is 502 g/mol. The van der Waals surface area contributed by atoms with Gasteiger partial charge in [0, 0.05) is 46.7 Å². The number of nitrogens with one attached hydrogen (secondary N) is 1. The number of benzene rings is 1. The Morgan fingerprint density at radius 2 is 1.69 bits per heavy atom. The molecule has 196 valence electrons. The lowest BCUT2D eigenvalue weighted by molar-refractivity contribution is -0.142. The Balaban J connectivity index is 1.88. The highest BCUT2D eigenvalue weighted by Crippen LogP contribution is 2.19. The van der Waals surface area contributed by atoms with E-state index >= 15 is 0 Å². The van der Waals surface area contributed by atoms with Gasteiger partial charge in [-0.1, -0.05) is 12.1 Å². The highest BCUT2D eigenvalue weighted by Gasteiger charge is 2.32. The molecule has 0 spiro atoms. The van der Waals surface area contributed by atoms with Crippen LogP contribution in [0.2, 0.25) is 0 Å². The van der Waals surface area contributed by atoms with Crippen LogP contribution >= 0.6 is 0 Å². The van der Waals surface area contributed by atoms with E-state index < -0.39 is 23.8 Å². The Bertz CT molecular complexity index is 999. The molecule has 5 amide bonds. The fourth-order valence-corrected chi connectivity index (χ4v) is 4.34. The largest absolute Gasteiger partial charge is 0.491 e. The molecule has 0 bridgehead atoms. The third-order valence-corrected chi connectivity index (χ3v) is 6.52. The predicted octanol–water partition coefficient (Wildman–Crippen LogP) is -0.0448. The van der Waals surface area contributed by atoms with E-state index in [0.717, 1.165) is 0 Å². The van der Waals surface area contributed by atoms with Gasteiger partial charge < -0.3 is 29.7 Å². The van der Waals surface area contributed by atoms with Crippen molar-refractivity contribution in [2.24, 2.45) is 0 Å². The maximum atomic E-state index is 13.5. The van der Waals surface area contributed by atoms with Gasteiger partial charge in [-0.15, -0.1) is 0 Å². The number of hydrogen-bond acceptors (Lipinski definition) is 6. The molecule has 0 saturated carbocycles. The van der Waals surface area contributed by atoms with Gasteiger partial charge in [0.2, 0.25) is 23.6 Å². The number of fused-ring (bicyclic) bond motifs is 1. The highest BCUT2D eigenvalue weighted by atomic mass is 16.5. The van der Waals surface area contributed by atoms with E-state index in [0.29, 0.717) is 51.4 Å². The van der Waals surface area contributed by atoms with Crippen molar-refractivity contribution >= 4 is 29.5 Å². The lowest BCUT2D eigenvalue weighted by atomic mass is 10.1. The molecule has 36 heavy (non-hydrogen) atoms. The first-order valence-corrected chi connectivity index (χ1v) is 12.3. The number of amides is 5. The molecule has 1 aromatic carbocycles. The maximum Gasteiger partial charge on any atom is 0.255 e. The van der Waals surface area contributed by atoms with E-state index in [4.69, 9.17) is 4.74 Å². The van der Waals surface area contributed by atoms with E-state index in [-0.39, 0.29) is 37.0 Å². The SMILES string of the molecule is CCN1CCOc2ccccc2C(=O)N[C@H](C(=O)N2CCCN(C(C)=O)CC2)CC(=O)N(C)CC1=O. The fourth-order valence-electron chi connectivity index (χ4n) is 4.34. The summed E-state index contributed by atoms with van der Waals surface area (Å²) in [6.07, 6.45) is 0.300. The zero-order valence-corrected chi connectivity index (χ0v) is 21.2. The summed E-state index contributed by atoms with van der Waals surface area (Å²) in [4.78, 5) is 70.5. The monoisotopic (exact) mass is 501 g/mol. The number of carbonyl (C=O) groups excluding carboxylic acids is 5. The molecule has 11 heteroatoms. The van der Waals surface area contributed by atoms with E-state index in [2.05, 4.69) is 5.32 Å². The molecule has 1 N–H and O–H groups in total. The van der Waals surface area contributed by atoms with Gasteiger partial charge in [-0.05, 0) is 25.5 Å². The van der Waals surface area contributed by atoms with Crippen LogP contribution in [0.25, 0.3) is 0 Å². The van der Waals surface area contributed by atoms with Crippen LogP contribution < -0.4 is 10.1 Å². The molecule has 0 unspecified atom stereocenters. The first kappa shape index (κ1) is 27.0. The molecule has 1 atom stereocenters. The molecule has 1 aromatic rings. The smallest absolute Gasteiger partial charge is 0.255 e. The molecular weight excluding hydrogens is 466 g/mol. The van der Waals surface area contributed by atoms with E-state index in [1.54, 1.807) is 39.0 Å². The van der Waals surface area contributed by atoms with Gasteiger partial charge in [0.05, 0.1) is 25.1 Å². The number of carbonyl (C=O) groups is 5. The van der Waals surface area contributed by atoms with Crippen LogP contribution in [0.4, 0.5) is 0 Å². The van der Waals surface area contributed by atoms with E-state index in [1.165, 1.54) is 18.9 Å². The van der Waals surface area contributed by atoms with Crippen LogP contribution in [0.5, 0.6) is 5.75 Å². The van der Waals surface area contributed by atoms with E-state index in [9.17, 15) is 24.0 Å². The maximum absolute atomic E-state index is 13.5. The second-order valence-corrected chi connectivity index (χ2v) is 8.98. The van der Waals surface area contributed by atoms with Crippen molar-refractivity contribution in [1.29, 1.82) is 0 Å². The van der Waals surface area contributed by atoms with Crippen molar-refractivity contribution in [3.05, 3.63) is 29.8 Å². The lowest BCUT2D eigenvalue weighted by Crippen LogP contribution is -2.52. The molecular formula is C25H35N5O6. The number of hydrogen-bond donors (Lipinski definition) is 1.